The summed E-state index contributed by atoms with van der Waals surface area (Å²) in [6.07, 6.45) is 0.331. The van der Waals surface area contributed by atoms with Crippen molar-refractivity contribution in [1.82, 2.24) is 5.32 Å². The molecule has 2 heterocycles. The summed E-state index contributed by atoms with van der Waals surface area (Å²) in [5.74, 6) is 0.316. The van der Waals surface area contributed by atoms with Crippen LogP contribution in [0.5, 0.6) is 5.75 Å². The molecule has 0 aromatic heterocycles. The highest BCUT2D eigenvalue weighted by Crippen LogP contribution is 2.36. The predicted octanol–water partition coefficient (Wildman–Crippen LogP) is 4.32. The maximum atomic E-state index is 15.2. The van der Waals surface area contributed by atoms with E-state index in [1.54, 1.807) is 26.2 Å². The molecular weight excluding hydrogens is 481 g/mol. The second kappa shape index (κ2) is 11.0. The average molecular weight is 512 g/mol. The molecule has 0 aliphatic carbocycles. The van der Waals surface area contributed by atoms with Gasteiger partial charge in [-0.3, -0.25) is 4.90 Å². The summed E-state index contributed by atoms with van der Waals surface area (Å²) in [6, 6.07) is 14.9. The third-order valence-electron chi connectivity index (χ3n) is 6.72. The summed E-state index contributed by atoms with van der Waals surface area (Å²) < 4.78 is 25.9. The Morgan fingerprint density at radius 1 is 1.31 bits per heavy atom. The average Bonchev–Trinajstić information content (AvgIpc) is 3.27. The minimum Gasteiger partial charge on any atom is -0.495 e. The van der Waals surface area contributed by atoms with Crippen LogP contribution in [-0.4, -0.2) is 57.0 Å². The lowest BCUT2D eigenvalue weighted by Crippen LogP contribution is -2.43. The first-order valence-electron chi connectivity index (χ1n) is 11.9. The number of halogens is 1. The highest BCUT2D eigenvalue weighted by atomic mass is 32.1. The molecule has 2 aromatic carbocycles. The van der Waals surface area contributed by atoms with E-state index in [2.05, 4.69) is 16.7 Å². The van der Waals surface area contributed by atoms with E-state index in [4.69, 9.17) is 21.7 Å². The topological polar surface area (TPSA) is 89.9 Å². The number of thiocarbonyl (C=S) groups is 1. The zero-order valence-corrected chi connectivity index (χ0v) is 21.2. The summed E-state index contributed by atoms with van der Waals surface area (Å²) in [4.78, 5) is 16.3. The first-order valence-corrected chi connectivity index (χ1v) is 12.3. The number of rotatable bonds is 8. The first-order chi connectivity index (χ1) is 17.3. The van der Waals surface area contributed by atoms with Gasteiger partial charge >= 0.3 is 6.09 Å². The number of nitrogens with zero attached hydrogens (tertiary/aromatic N) is 3. The second-order valence-electron chi connectivity index (χ2n) is 9.12. The van der Waals surface area contributed by atoms with Crippen molar-refractivity contribution in [1.29, 1.82) is 5.26 Å². The number of ether oxygens (including phenoxy) is 2. The molecule has 2 aliphatic rings. The molecule has 1 atom stereocenters. The monoisotopic (exact) mass is 511 g/mol. The zero-order chi connectivity index (χ0) is 25.7. The van der Waals surface area contributed by atoms with E-state index < -0.39 is 17.3 Å². The Labute approximate surface area is 216 Å². The number of nitriles is 1. The van der Waals surface area contributed by atoms with Gasteiger partial charge in [-0.2, -0.15) is 5.26 Å². The van der Waals surface area contributed by atoms with Gasteiger partial charge in [0.1, 0.15) is 17.7 Å². The smallest absolute Gasteiger partial charge is 0.414 e. The molecule has 36 heavy (non-hydrogen) atoms. The fourth-order valence-electron chi connectivity index (χ4n) is 4.58. The van der Waals surface area contributed by atoms with Crippen LogP contribution < -0.4 is 25.2 Å². The normalized spacial score (nSPS) is 18.8. The lowest BCUT2D eigenvalue weighted by molar-refractivity contribution is 0.143. The maximum absolute atomic E-state index is 15.2. The number of anilines is 3. The van der Waals surface area contributed by atoms with E-state index in [1.807, 2.05) is 29.2 Å². The third kappa shape index (κ3) is 5.62. The number of hydrogen-bond acceptors (Lipinski definition) is 7. The molecule has 2 fully saturated rings. The van der Waals surface area contributed by atoms with Crippen LogP contribution in [0.15, 0.2) is 42.5 Å². The van der Waals surface area contributed by atoms with Crippen molar-refractivity contribution in [3.8, 4) is 11.8 Å². The Hall–Kier alpha value is -3.58. The Kier molecular flexibility index (Phi) is 7.79. The lowest BCUT2D eigenvalue weighted by Gasteiger charge is -2.39. The second-order valence-corrected chi connectivity index (χ2v) is 9.73. The molecular formula is C26H30FN5O3S. The molecule has 2 aliphatic heterocycles. The Morgan fingerprint density at radius 2 is 2.06 bits per heavy atom. The lowest BCUT2D eigenvalue weighted by atomic mass is 9.79. The van der Waals surface area contributed by atoms with Gasteiger partial charge in [-0.25, -0.2) is 9.18 Å². The number of carbonyl (C=O) groups excluding carboxylic acids is 1. The van der Waals surface area contributed by atoms with Crippen molar-refractivity contribution in [2.45, 2.75) is 25.9 Å². The van der Waals surface area contributed by atoms with Gasteiger partial charge in [-0.05, 0) is 50.1 Å². The van der Waals surface area contributed by atoms with E-state index in [-0.39, 0.29) is 6.10 Å². The summed E-state index contributed by atoms with van der Waals surface area (Å²) in [5, 5.41) is 16.3. The number of hydrogen-bond donors (Lipinski definition) is 2. The molecule has 0 radical (unpaired) electrons. The first kappa shape index (κ1) is 25.5. The summed E-state index contributed by atoms with van der Waals surface area (Å²) in [7, 11) is 1.61. The molecule has 8 nitrogen and oxygen atoms in total. The summed E-state index contributed by atoms with van der Waals surface area (Å²) in [5.41, 5.74) is 1.20. The van der Waals surface area contributed by atoms with Crippen LogP contribution in [-0.2, 0) is 4.74 Å². The minimum atomic E-state index is -0.559. The fraction of sp³-hybridized carbons (Fsp3) is 0.423. The molecule has 0 spiro atoms. The maximum Gasteiger partial charge on any atom is 0.414 e. The number of benzene rings is 2. The SMILES string of the molecule is COc1ccccc1NCC1(C#N)CCN(c2ccc(N3C[C@H](CNC(C)=S)OC3=O)cc2F)CC1. The fourth-order valence-corrected chi connectivity index (χ4v) is 4.66. The summed E-state index contributed by atoms with van der Waals surface area (Å²) in [6.45, 7) is 4.08. The van der Waals surface area contributed by atoms with Crippen LogP contribution >= 0.6 is 12.2 Å². The number of para-hydroxylation sites is 2. The van der Waals surface area contributed by atoms with Crippen LogP contribution in [0.4, 0.5) is 26.2 Å². The van der Waals surface area contributed by atoms with Crippen LogP contribution in [0.25, 0.3) is 0 Å². The highest BCUT2D eigenvalue weighted by Gasteiger charge is 2.36. The van der Waals surface area contributed by atoms with Gasteiger partial charge in [0.05, 0.1) is 53.7 Å². The number of piperidine rings is 1. The quantitative estimate of drug-likeness (QED) is 0.507. The zero-order valence-electron chi connectivity index (χ0n) is 20.4. The molecule has 0 bridgehead atoms. The number of methoxy groups -OCH3 is 1. The van der Waals surface area contributed by atoms with Crippen molar-refractivity contribution in [3.05, 3.63) is 48.3 Å². The van der Waals surface area contributed by atoms with Crippen molar-refractivity contribution >= 4 is 40.4 Å². The molecule has 4 rings (SSSR count). The van der Waals surface area contributed by atoms with Crippen molar-refractivity contribution in [2.75, 3.05) is 55.0 Å². The van der Waals surface area contributed by atoms with Crippen molar-refractivity contribution in [3.63, 3.8) is 0 Å². The van der Waals surface area contributed by atoms with Crippen LogP contribution in [0.2, 0.25) is 0 Å². The number of amides is 1. The summed E-state index contributed by atoms with van der Waals surface area (Å²) >= 11 is 5.00. The van der Waals surface area contributed by atoms with E-state index in [0.717, 1.165) is 11.4 Å². The van der Waals surface area contributed by atoms with Gasteiger partial charge in [-0.15, -0.1) is 0 Å². The van der Waals surface area contributed by atoms with Crippen molar-refractivity contribution in [2.24, 2.45) is 5.41 Å². The largest absolute Gasteiger partial charge is 0.495 e. The molecule has 0 saturated carbocycles. The van der Waals surface area contributed by atoms with Crippen LogP contribution in [0, 0.1) is 22.6 Å². The van der Waals surface area contributed by atoms with Crippen LogP contribution in [0.3, 0.4) is 0 Å². The Morgan fingerprint density at radius 3 is 2.72 bits per heavy atom. The molecule has 2 saturated heterocycles. The van der Waals surface area contributed by atoms with E-state index in [9.17, 15) is 10.1 Å². The Balaban J connectivity index is 1.37. The molecule has 0 unspecified atom stereocenters. The van der Waals surface area contributed by atoms with E-state index in [0.29, 0.717) is 61.9 Å². The van der Waals surface area contributed by atoms with Gasteiger partial charge < -0.3 is 25.0 Å². The van der Waals surface area contributed by atoms with Gasteiger partial charge in [0.25, 0.3) is 0 Å². The van der Waals surface area contributed by atoms with E-state index >= 15 is 4.39 Å². The van der Waals surface area contributed by atoms with Gasteiger partial charge in [0.15, 0.2) is 0 Å². The molecule has 2 N–H and O–H groups in total. The predicted molar refractivity (Wildman–Crippen MR) is 141 cm³/mol. The molecule has 190 valence electrons. The Bertz CT molecular complexity index is 1160. The van der Waals surface area contributed by atoms with Gasteiger partial charge in [-0.1, -0.05) is 24.4 Å². The highest BCUT2D eigenvalue weighted by molar-refractivity contribution is 7.80. The molecule has 10 heteroatoms. The van der Waals surface area contributed by atoms with Crippen LogP contribution in [0.1, 0.15) is 19.8 Å². The van der Waals surface area contributed by atoms with Crippen molar-refractivity contribution < 1.29 is 18.7 Å². The molecule has 2 aromatic rings. The van der Waals surface area contributed by atoms with Gasteiger partial charge in [0.2, 0.25) is 0 Å². The van der Waals surface area contributed by atoms with E-state index in [1.165, 1.54) is 11.0 Å². The molecule has 1 amide bonds. The van der Waals surface area contributed by atoms with Gasteiger partial charge in [0, 0.05) is 19.6 Å². The standard InChI is InChI=1S/C26H30FN5O3S/c1-18(36)29-14-20-15-32(25(33)35-20)19-7-8-23(21(27)13-19)31-11-9-26(16-28,10-12-31)17-30-22-5-3-4-6-24(22)34-2/h3-8,13,20,30H,9-12,14-15,17H2,1-2H3,(H,29,36)/t20-/m0/s1. The number of carbonyl (C=O) groups is 1. The number of cyclic esters (lactones) is 1. The number of nitrogens with one attached hydrogen (secondary N) is 2. The third-order valence-corrected chi connectivity index (χ3v) is 6.86. The minimum absolute atomic E-state index is 0.320.